The molecule has 0 unspecified atom stereocenters. The van der Waals surface area contributed by atoms with E-state index in [0.29, 0.717) is 28.9 Å². The molecule has 1 heterocycles. The van der Waals surface area contributed by atoms with Gasteiger partial charge in [0.2, 0.25) is 4.77 Å². The molecule has 2 aromatic carbocycles. The Balaban J connectivity index is 1.82. The van der Waals surface area contributed by atoms with E-state index in [4.69, 9.17) is 21.7 Å². The van der Waals surface area contributed by atoms with Crippen molar-refractivity contribution < 1.29 is 9.47 Å². The molecule has 0 radical (unpaired) electrons. The lowest BCUT2D eigenvalue weighted by atomic mass is 10.1. The van der Waals surface area contributed by atoms with E-state index in [1.54, 1.807) is 18.0 Å². The first-order valence-corrected chi connectivity index (χ1v) is 9.57. The third kappa shape index (κ3) is 4.86. The molecule has 7 heteroatoms. The van der Waals surface area contributed by atoms with Crippen molar-refractivity contribution in [1.29, 1.82) is 0 Å². The Hall–Kier alpha value is -2.93. The molecule has 0 saturated carbocycles. The maximum Gasteiger partial charge on any atom is 0.216 e. The summed E-state index contributed by atoms with van der Waals surface area (Å²) >= 11 is 5.31. The van der Waals surface area contributed by atoms with Crippen LogP contribution < -0.4 is 9.47 Å². The number of nitrogens with one attached hydrogen (secondary N) is 1. The molecule has 0 saturated heterocycles. The third-order valence-electron chi connectivity index (χ3n) is 4.15. The van der Waals surface area contributed by atoms with Gasteiger partial charge in [0.25, 0.3) is 0 Å². The van der Waals surface area contributed by atoms with Crippen molar-refractivity contribution in [3.63, 3.8) is 0 Å². The normalized spacial score (nSPS) is 11.3. The standard InChI is InChI=1S/C21H24N4O2S/c1-15(2)11-12-27-18-10-9-16(13-19(18)26-3)14-22-25-20(23-24-21(25)28)17-7-5-4-6-8-17/h4-10,13-15H,11-12H2,1-3H3,(H,24,28)/b22-14+. The van der Waals surface area contributed by atoms with Crippen LogP contribution in [0.5, 0.6) is 11.5 Å². The van der Waals surface area contributed by atoms with Crippen molar-refractivity contribution in [2.45, 2.75) is 20.3 Å². The number of hydrogen-bond acceptors (Lipinski definition) is 5. The molecule has 1 N–H and O–H groups in total. The number of H-pyrrole nitrogens is 1. The van der Waals surface area contributed by atoms with Gasteiger partial charge >= 0.3 is 0 Å². The zero-order valence-corrected chi connectivity index (χ0v) is 17.1. The maximum atomic E-state index is 5.83. The summed E-state index contributed by atoms with van der Waals surface area (Å²) in [5, 5.41) is 11.6. The van der Waals surface area contributed by atoms with Gasteiger partial charge in [0.15, 0.2) is 17.3 Å². The van der Waals surface area contributed by atoms with E-state index in [2.05, 4.69) is 29.1 Å². The maximum absolute atomic E-state index is 5.83. The molecular formula is C21H24N4O2S. The largest absolute Gasteiger partial charge is 0.493 e. The second kappa shape index (κ2) is 9.32. The summed E-state index contributed by atoms with van der Waals surface area (Å²) in [4.78, 5) is 0. The van der Waals surface area contributed by atoms with E-state index in [1.165, 1.54) is 0 Å². The van der Waals surface area contributed by atoms with Gasteiger partial charge in [-0.15, -0.1) is 0 Å². The van der Waals surface area contributed by atoms with Gasteiger partial charge < -0.3 is 9.47 Å². The molecule has 1 aromatic heterocycles. The van der Waals surface area contributed by atoms with E-state index in [0.717, 1.165) is 23.3 Å². The van der Waals surface area contributed by atoms with Gasteiger partial charge in [0.1, 0.15) is 0 Å². The van der Waals surface area contributed by atoms with Crippen molar-refractivity contribution in [2.24, 2.45) is 11.0 Å². The SMILES string of the molecule is COc1cc(/C=N/n2c(-c3ccccc3)n[nH]c2=S)ccc1OCCC(C)C. The molecule has 0 aliphatic carbocycles. The summed E-state index contributed by atoms with van der Waals surface area (Å²) in [5.74, 6) is 2.65. The average molecular weight is 397 g/mol. The number of nitrogens with zero attached hydrogens (tertiary/aromatic N) is 3. The van der Waals surface area contributed by atoms with Crippen LogP contribution in [0.25, 0.3) is 11.4 Å². The molecule has 146 valence electrons. The number of benzene rings is 2. The lowest BCUT2D eigenvalue weighted by Crippen LogP contribution is -2.03. The highest BCUT2D eigenvalue weighted by molar-refractivity contribution is 7.71. The Morgan fingerprint density at radius 3 is 2.68 bits per heavy atom. The van der Waals surface area contributed by atoms with Crippen molar-refractivity contribution in [2.75, 3.05) is 13.7 Å². The van der Waals surface area contributed by atoms with Gasteiger partial charge in [-0.3, -0.25) is 0 Å². The van der Waals surface area contributed by atoms with Crippen LogP contribution in [0, 0.1) is 10.7 Å². The second-order valence-electron chi connectivity index (χ2n) is 6.72. The summed E-state index contributed by atoms with van der Waals surface area (Å²) in [5.41, 5.74) is 1.80. The van der Waals surface area contributed by atoms with Gasteiger partial charge in [-0.1, -0.05) is 44.2 Å². The van der Waals surface area contributed by atoms with Gasteiger partial charge in [0.05, 0.1) is 19.9 Å². The van der Waals surface area contributed by atoms with E-state index in [1.807, 2.05) is 48.5 Å². The minimum atomic E-state index is 0.427. The highest BCUT2D eigenvalue weighted by Crippen LogP contribution is 2.28. The fraction of sp³-hybridized carbons (Fsp3) is 0.286. The first-order valence-electron chi connectivity index (χ1n) is 9.16. The Labute approximate surface area is 169 Å². The van der Waals surface area contributed by atoms with Gasteiger partial charge in [0, 0.05) is 5.56 Å². The molecule has 0 aliphatic heterocycles. The minimum Gasteiger partial charge on any atom is -0.493 e. The first-order chi connectivity index (χ1) is 13.6. The highest BCUT2D eigenvalue weighted by Gasteiger charge is 2.08. The van der Waals surface area contributed by atoms with Crippen LogP contribution in [0.2, 0.25) is 0 Å². The van der Waals surface area contributed by atoms with Crippen molar-refractivity contribution in [1.82, 2.24) is 14.9 Å². The zero-order chi connectivity index (χ0) is 19.9. The predicted molar refractivity (Wildman–Crippen MR) is 114 cm³/mol. The molecule has 0 bridgehead atoms. The van der Waals surface area contributed by atoms with Crippen molar-refractivity contribution in [3.05, 3.63) is 58.9 Å². The molecule has 0 spiro atoms. The van der Waals surface area contributed by atoms with E-state index >= 15 is 0 Å². The number of rotatable bonds is 8. The van der Waals surface area contributed by atoms with Crippen LogP contribution in [0.15, 0.2) is 53.6 Å². The quantitative estimate of drug-likeness (QED) is 0.433. The fourth-order valence-corrected chi connectivity index (χ4v) is 2.76. The van der Waals surface area contributed by atoms with Crippen LogP contribution in [-0.4, -0.2) is 34.8 Å². The summed E-state index contributed by atoms with van der Waals surface area (Å²) in [7, 11) is 1.63. The lowest BCUT2D eigenvalue weighted by Gasteiger charge is -2.12. The van der Waals surface area contributed by atoms with Crippen molar-refractivity contribution >= 4 is 18.4 Å². The van der Waals surface area contributed by atoms with E-state index in [9.17, 15) is 0 Å². The Morgan fingerprint density at radius 1 is 1.18 bits per heavy atom. The number of ether oxygens (including phenoxy) is 2. The summed E-state index contributed by atoms with van der Waals surface area (Å²) in [6.07, 6.45) is 2.71. The highest BCUT2D eigenvalue weighted by atomic mass is 32.1. The second-order valence-corrected chi connectivity index (χ2v) is 7.10. The van der Waals surface area contributed by atoms with E-state index < -0.39 is 0 Å². The number of methoxy groups -OCH3 is 1. The summed E-state index contributed by atoms with van der Waals surface area (Å²) in [6, 6.07) is 15.5. The Kier molecular flexibility index (Phi) is 6.60. The monoisotopic (exact) mass is 396 g/mol. The van der Waals surface area contributed by atoms with E-state index in [-0.39, 0.29) is 0 Å². The smallest absolute Gasteiger partial charge is 0.216 e. The van der Waals surface area contributed by atoms with Crippen molar-refractivity contribution in [3.8, 4) is 22.9 Å². The molecule has 0 atom stereocenters. The van der Waals surface area contributed by atoms with Gasteiger partial charge in [-0.25, -0.2) is 5.10 Å². The number of aromatic nitrogens is 3. The molecule has 0 amide bonds. The van der Waals surface area contributed by atoms with Crippen LogP contribution in [0.4, 0.5) is 0 Å². The molecule has 0 aliphatic rings. The van der Waals surface area contributed by atoms with Gasteiger partial charge in [-0.2, -0.15) is 14.9 Å². The molecule has 3 aromatic rings. The first kappa shape index (κ1) is 19.8. The lowest BCUT2D eigenvalue weighted by molar-refractivity contribution is 0.273. The predicted octanol–water partition coefficient (Wildman–Crippen LogP) is 4.92. The molecule has 28 heavy (non-hydrogen) atoms. The topological polar surface area (TPSA) is 64.4 Å². The molecular weight excluding hydrogens is 372 g/mol. The van der Waals surface area contributed by atoms with Crippen LogP contribution in [-0.2, 0) is 0 Å². The Morgan fingerprint density at radius 2 is 1.96 bits per heavy atom. The molecule has 3 rings (SSSR count). The van der Waals surface area contributed by atoms with Gasteiger partial charge in [-0.05, 0) is 48.3 Å². The molecule has 6 nitrogen and oxygen atoms in total. The number of hydrogen-bond donors (Lipinski definition) is 1. The zero-order valence-electron chi connectivity index (χ0n) is 16.3. The summed E-state index contributed by atoms with van der Waals surface area (Å²) in [6.45, 7) is 5.00. The minimum absolute atomic E-state index is 0.427. The van der Waals surface area contributed by atoms with Crippen LogP contribution in [0.1, 0.15) is 25.8 Å². The third-order valence-corrected chi connectivity index (χ3v) is 4.41. The number of aromatic amines is 1. The van der Waals surface area contributed by atoms with Crippen LogP contribution >= 0.6 is 12.2 Å². The molecule has 0 fully saturated rings. The fourth-order valence-electron chi connectivity index (χ4n) is 2.59. The van der Waals surface area contributed by atoms with Crippen LogP contribution in [0.3, 0.4) is 0 Å². The Bertz CT molecular complexity index is 993. The average Bonchev–Trinajstić information content (AvgIpc) is 3.08. The summed E-state index contributed by atoms with van der Waals surface area (Å²) < 4.78 is 13.3.